The molecule has 0 saturated heterocycles. The van der Waals surface area contributed by atoms with Crippen molar-refractivity contribution in [1.82, 2.24) is 3.97 Å². The Bertz CT molecular complexity index is 1010. The minimum atomic E-state index is -3.89. The molecule has 23 heavy (non-hydrogen) atoms. The van der Waals surface area contributed by atoms with Crippen molar-refractivity contribution in [2.75, 3.05) is 0 Å². The third-order valence-corrected chi connectivity index (χ3v) is 5.44. The summed E-state index contributed by atoms with van der Waals surface area (Å²) >= 11 is 0. The standard InChI is InChI=1S/C16H14N2O4S/c1-2-12-7-8-14(11-16(12)18(19)20)23(21,22)17-10-9-13-5-3-4-6-15(13)17/h3-11H,2H2,1H3. The number of nitro groups is 1. The van der Waals surface area contributed by atoms with Crippen molar-refractivity contribution in [3.05, 3.63) is 70.4 Å². The Labute approximate surface area is 133 Å². The minimum absolute atomic E-state index is 0.0947. The van der Waals surface area contributed by atoms with Crippen LogP contribution in [0.4, 0.5) is 5.69 Å². The summed E-state index contributed by atoms with van der Waals surface area (Å²) in [6.45, 7) is 1.79. The first-order valence-corrected chi connectivity index (χ1v) is 8.48. The maximum Gasteiger partial charge on any atom is 0.273 e. The molecule has 2 aromatic carbocycles. The molecule has 0 amide bonds. The highest BCUT2D eigenvalue weighted by Crippen LogP contribution is 2.27. The van der Waals surface area contributed by atoms with E-state index in [0.29, 0.717) is 17.5 Å². The zero-order chi connectivity index (χ0) is 16.6. The van der Waals surface area contributed by atoms with Gasteiger partial charge in [0.25, 0.3) is 15.7 Å². The zero-order valence-electron chi connectivity index (χ0n) is 12.3. The Hall–Kier alpha value is -2.67. The molecule has 0 aliphatic carbocycles. The topological polar surface area (TPSA) is 82.2 Å². The van der Waals surface area contributed by atoms with Gasteiger partial charge in [-0.3, -0.25) is 10.1 Å². The maximum absolute atomic E-state index is 12.8. The van der Waals surface area contributed by atoms with Gasteiger partial charge in [0, 0.05) is 23.2 Å². The third-order valence-electron chi connectivity index (χ3n) is 3.75. The van der Waals surface area contributed by atoms with Gasteiger partial charge in [-0.15, -0.1) is 0 Å². The molecule has 0 N–H and O–H groups in total. The molecule has 3 rings (SSSR count). The molecule has 0 fully saturated rings. The van der Waals surface area contributed by atoms with E-state index in [9.17, 15) is 18.5 Å². The Morgan fingerprint density at radius 3 is 2.57 bits per heavy atom. The number of para-hydroxylation sites is 1. The van der Waals surface area contributed by atoms with Crippen molar-refractivity contribution >= 4 is 26.6 Å². The molecule has 7 heteroatoms. The van der Waals surface area contributed by atoms with Crippen LogP contribution in [0.15, 0.2) is 59.6 Å². The first-order valence-electron chi connectivity index (χ1n) is 7.04. The van der Waals surface area contributed by atoms with Crippen LogP contribution in [0.1, 0.15) is 12.5 Å². The zero-order valence-corrected chi connectivity index (χ0v) is 13.2. The van der Waals surface area contributed by atoms with Crippen LogP contribution < -0.4 is 0 Å². The summed E-state index contributed by atoms with van der Waals surface area (Å²) in [7, 11) is -3.89. The second-order valence-electron chi connectivity index (χ2n) is 5.08. The minimum Gasteiger partial charge on any atom is -0.258 e. The fourth-order valence-electron chi connectivity index (χ4n) is 2.55. The smallest absolute Gasteiger partial charge is 0.258 e. The first-order chi connectivity index (χ1) is 10.9. The van der Waals surface area contributed by atoms with E-state index in [4.69, 9.17) is 0 Å². The molecule has 1 aromatic heterocycles. The molecule has 118 valence electrons. The molecule has 3 aromatic rings. The number of nitrogens with zero attached hydrogens (tertiary/aromatic N) is 2. The van der Waals surface area contributed by atoms with E-state index >= 15 is 0 Å². The molecular formula is C16H14N2O4S. The van der Waals surface area contributed by atoms with Crippen LogP contribution in [0.2, 0.25) is 0 Å². The largest absolute Gasteiger partial charge is 0.273 e. The lowest BCUT2D eigenvalue weighted by Crippen LogP contribution is -2.12. The Morgan fingerprint density at radius 2 is 1.87 bits per heavy atom. The van der Waals surface area contributed by atoms with E-state index in [1.54, 1.807) is 25.1 Å². The van der Waals surface area contributed by atoms with Crippen LogP contribution in [0.5, 0.6) is 0 Å². The van der Waals surface area contributed by atoms with Gasteiger partial charge in [0.1, 0.15) is 0 Å². The van der Waals surface area contributed by atoms with Crippen LogP contribution >= 0.6 is 0 Å². The van der Waals surface area contributed by atoms with E-state index in [0.717, 1.165) is 15.4 Å². The van der Waals surface area contributed by atoms with E-state index in [1.807, 2.05) is 12.1 Å². The second kappa shape index (κ2) is 5.51. The van der Waals surface area contributed by atoms with Crippen molar-refractivity contribution in [1.29, 1.82) is 0 Å². The summed E-state index contributed by atoms with van der Waals surface area (Å²) in [4.78, 5) is 10.5. The molecule has 0 spiro atoms. The van der Waals surface area contributed by atoms with E-state index in [-0.39, 0.29) is 10.6 Å². The predicted octanol–water partition coefficient (Wildman–Crippen LogP) is 3.35. The van der Waals surface area contributed by atoms with Gasteiger partial charge in [-0.2, -0.15) is 0 Å². The predicted molar refractivity (Wildman–Crippen MR) is 87.0 cm³/mol. The van der Waals surface area contributed by atoms with Crippen molar-refractivity contribution in [3.63, 3.8) is 0 Å². The van der Waals surface area contributed by atoms with Gasteiger partial charge in [-0.1, -0.05) is 31.2 Å². The summed E-state index contributed by atoms with van der Waals surface area (Å²) in [5.41, 5.74) is 0.867. The molecule has 0 atom stereocenters. The summed E-state index contributed by atoms with van der Waals surface area (Å²) in [5.74, 6) is 0. The van der Waals surface area contributed by atoms with Gasteiger partial charge >= 0.3 is 0 Å². The number of fused-ring (bicyclic) bond motifs is 1. The highest BCUT2D eigenvalue weighted by molar-refractivity contribution is 7.90. The van der Waals surface area contributed by atoms with Gasteiger partial charge in [-0.25, -0.2) is 12.4 Å². The Morgan fingerprint density at radius 1 is 1.13 bits per heavy atom. The molecule has 0 bridgehead atoms. The van der Waals surface area contributed by atoms with Gasteiger partial charge in [0.15, 0.2) is 0 Å². The number of aryl methyl sites for hydroxylation is 1. The Kier molecular flexibility index (Phi) is 3.65. The van der Waals surface area contributed by atoms with Gasteiger partial charge < -0.3 is 0 Å². The average molecular weight is 330 g/mol. The van der Waals surface area contributed by atoms with E-state index in [1.165, 1.54) is 18.3 Å². The first kappa shape index (κ1) is 15.2. The molecule has 0 unspecified atom stereocenters. The molecule has 0 saturated carbocycles. The highest BCUT2D eigenvalue weighted by atomic mass is 32.2. The lowest BCUT2D eigenvalue weighted by Gasteiger charge is -2.09. The molecule has 0 radical (unpaired) electrons. The maximum atomic E-state index is 12.8. The van der Waals surface area contributed by atoms with Crippen LogP contribution in [-0.4, -0.2) is 17.3 Å². The van der Waals surface area contributed by atoms with Crippen molar-refractivity contribution < 1.29 is 13.3 Å². The fourth-order valence-corrected chi connectivity index (χ4v) is 3.93. The number of hydrogen-bond donors (Lipinski definition) is 0. The average Bonchev–Trinajstić information content (AvgIpc) is 2.98. The summed E-state index contributed by atoms with van der Waals surface area (Å²) < 4.78 is 26.8. The normalized spacial score (nSPS) is 11.7. The Balaban J connectivity index is 2.21. The molecule has 0 aliphatic heterocycles. The quantitative estimate of drug-likeness (QED) is 0.542. The van der Waals surface area contributed by atoms with Gasteiger partial charge in [0.2, 0.25) is 0 Å². The second-order valence-corrected chi connectivity index (χ2v) is 6.89. The lowest BCUT2D eigenvalue weighted by atomic mass is 10.1. The van der Waals surface area contributed by atoms with Crippen molar-refractivity contribution in [2.45, 2.75) is 18.2 Å². The van der Waals surface area contributed by atoms with Crippen LogP contribution in [-0.2, 0) is 16.4 Å². The SMILES string of the molecule is CCc1ccc(S(=O)(=O)n2ccc3ccccc32)cc1[N+](=O)[O-]. The van der Waals surface area contributed by atoms with Crippen molar-refractivity contribution in [3.8, 4) is 0 Å². The van der Waals surface area contributed by atoms with E-state index < -0.39 is 14.9 Å². The summed E-state index contributed by atoms with van der Waals surface area (Å²) in [5, 5.41) is 12.0. The molecule has 0 aliphatic rings. The molecular weight excluding hydrogens is 316 g/mol. The molecule has 1 heterocycles. The highest BCUT2D eigenvalue weighted by Gasteiger charge is 2.23. The van der Waals surface area contributed by atoms with Crippen LogP contribution in [0.25, 0.3) is 10.9 Å². The monoisotopic (exact) mass is 330 g/mol. The van der Waals surface area contributed by atoms with Crippen molar-refractivity contribution in [2.24, 2.45) is 0 Å². The van der Waals surface area contributed by atoms with Gasteiger partial charge in [-0.05, 0) is 24.6 Å². The van der Waals surface area contributed by atoms with Crippen LogP contribution in [0, 0.1) is 10.1 Å². The van der Waals surface area contributed by atoms with E-state index in [2.05, 4.69) is 0 Å². The summed E-state index contributed by atoms with van der Waals surface area (Å²) in [6, 6.07) is 12.8. The molecule has 6 nitrogen and oxygen atoms in total. The number of nitro benzene ring substituents is 1. The third kappa shape index (κ3) is 2.49. The number of rotatable bonds is 4. The number of aromatic nitrogens is 1. The lowest BCUT2D eigenvalue weighted by molar-refractivity contribution is -0.385. The van der Waals surface area contributed by atoms with Crippen LogP contribution in [0.3, 0.4) is 0 Å². The fraction of sp³-hybridized carbons (Fsp3) is 0.125. The number of hydrogen-bond acceptors (Lipinski definition) is 4. The summed E-state index contributed by atoms with van der Waals surface area (Å²) in [6.07, 6.45) is 1.92. The van der Waals surface area contributed by atoms with Gasteiger partial charge in [0.05, 0.1) is 15.3 Å². The number of benzene rings is 2.